The van der Waals surface area contributed by atoms with Gasteiger partial charge in [-0.3, -0.25) is 4.72 Å². The smallest absolute Gasteiger partial charge is 0.262 e. The fraction of sp³-hybridized carbons (Fsp3) is 0.250. The zero-order valence-electron chi connectivity index (χ0n) is 18.6. The zero-order chi connectivity index (χ0) is 24.0. The van der Waals surface area contributed by atoms with Gasteiger partial charge in [-0.25, -0.2) is 21.2 Å². The maximum Gasteiger partial charge on any atom is 0.262 e. The van der Waals surface area contributed by atoms with E-state index >= 15 is 0 Å². The van der Waals surface area contributed by atoms with E-state index in [0.29, 0.717) is 24.2 Å². The molecular weight excluding hydrogens is 463 g/mol. The molecule has 6 nitrogen and oxygen atoms in total. The molecule has 3 aromatic carbocycles. The third-order valence-corrected chi connectivity index (χ3v) is 9.35. The summed E-state index contributed by atoms with van der Waals surface area (Å²) in [6.45, 7) is 5.95. The van der Waals surface area contributed by atoms with E-state index in [1.54, 1.807) is 25.1 Å². The molecule has 0 fully saturated rings. The minimum Gasteiger partial charge on any atom is -0.280 e. The van der Waals surface area contributed by atoms with E-state index in [1.165, 1.54) is 16.4 Å². The first-order valence-corrected chi connectivity index (χ1v) is 13.4. The molecule has 1 N–H and O–H groups in total. The van der Waals surface area contributed by atoms with Crippen LogP contribution in [0.1, 0.15) is 27.8 Å². The van der Waals surface area contributed by atoms with Crippen molar-refractivity contribution >= 4 is 25.7 Å². The van der Waals surface area contributed by atoms with Crippen LogP contribution in [0, 0.1) is 26.6 Å². The molecule has 1 aliphatic heterocycles. The first-order valence-electron chi connectivity index (χ1n) is 10.5. The molecule has 0 atom stereocenters. The predicted molar refractivity (Wildman–Crippen MR) is 126 cm³/mol. The standard InChI is InChI=1S/C24H25FN2O4S2/c1-16-12-18(3)24(13-17(16)2)32(28,29)26-22-7-4-19-10-11-27(15-20(19)14-22)33(30,31)23-8-5-21(25)6-9-23/h4-9,12-14,26H,10-11,15H2,1-3H3. The van der Waals surface area contributed by atoms with Gasteiger partial charge in [0.05, 0.1) is 9.79 Å². The summed E-state index contributed by atoms with van der Waals surface area (Å²) in [7, 11) is -7.62. The van der Waals surface area contributed by atoms with Gasteiger partial charge in [-0.05, 0) is 97.5 Å². The Bertz CT molecular complexity index is 1430. The van der Waals surface area contributed by atoms with E-state index in [0.717, 1.165) is 34.4 Å². The molecule has 0 bridgehead atoms. The van der Waals surface area contributed by atoms with Gasteiger partial charge in [0.1, 0.15) is 5.82 Å². The van der Waals surface area contributed by atoms with Crippen molar-refractivity contribution in [1.82, 2.24) is 4.31 Å². The van der Waals surface area contributed by atoms with E-state index < -0.39 is 25.9 Å². The molecule has 0 radical (unpaired) electrons. The quantitative estimate of drug-likeness (QED) is 0.581. The van der Waals surface area contributed by atoms with Crippen LogP contribution < -0.4 is 4.72 Å². The highest BCUT2D eigenvalue weighted by atomic mass is 32.2. The molecule has 0 saturated carbocycles. The third-order valence-electron chi connectivity index (χ3n) is 5.97. The van der Waals surface area contributed by atoms with Crippen LogP contribution in [-0.2, 0) is 33.0 Å². The second-order valence-electron chi connectivity index (χ2n) is 8.33. The number of hydrogen-bond donors (Lipinski definition) is 1. The summed E-state index contributed by atoms with van der Waals surface area (Å²) in [6, 6.07) is 13.4. The third kappa shape index (κ3) is 4.66. The second kappa shape index (κ2) is 8.55. The average Bonchev–Trinajstić information content (AvgIpc) is 2.75. The number of halogens is 1. The van der Waals surface area contributed by atoms with Crippen molar-refractivity contribution in [3.05, 3.63) is 88.2 Å². The SMILES string of the molecule is Cc1cc(C)c(S(=O)(=O)Nc2ccc3c(c2)CN(S(=O)(=O)c2ccc(F)cc2)CC3)cc1C. The van der Waals surface area contributed by atoms with Gasteiger partial charge in [0.2, 0.25) is 10.0 Å². The van der Waals surface area contributed by atoms with Crippen LogP contribution in [0.3, 0.4) is 0 Å². The van der Waals surface area contributed by atoms with Crippen molar-refractivity contribution in [1.29, 1.82) is 0 Å². The normalized spacial score (nSPS) is 14.7. The van der Waals surface area contributed by atoms with Crippen LogP contribution in [0.5, 0.6) is 0 Å². The van der Waals surface area contributed by atoms with Gasteiger partial charge in [0, 0.05) is 18.8 Å². The summed E-state index contributed by atoms with van der Waals surface area (Å²) < 4.78 is 69.2. The van der Waals surface area contributed by atoms with Crippen LogP contribution in [0.25, 0.3) is 0 Å². The fourth-order valence-electron chi connectivity index (χ4n) is 3.99. The lowest BCUT2D eigenvalue weighted by molar-refractivity contribution is 0.391. The molecule has 0 unspecified atom stereocenters. The number of hydrogen-bond acceptors (Lipinski definition) is 4. The summed E-state index contributed by atoms with van der Waals surface area (Å²) in [5, 5.41) is 0. The van der Waals surface area contributed by atoms with Crippen molar-refractivity contribution in [2.75, 3.05) is 11.3 Å². The number of rotatable bonds is 5. The van der Waals surface area contributed by atoms with E-state index in [4.69, 9.17) is 0 Å². The Labute approximate surface area is 194 Å². The molecule has 1 heterocycles. The monoisotopic (exact) mass is 488 g/mol. The highest BCUT2D eigenvalue weighted by molar-refractivity contribution is 7.92. The lowest BCUT2D eigenvalue weighted by Gasteiger charge is -2.28. The number of anilines is 1. The first-order chi connectivity index (χ1) is 15.5. The molecular formula is C24H25FN2O4S2. The first kappa shape index (κ1) is 23.4. The maximum atomic E-state index is 13.2. The van der Waals surface area contributed by atoms with Crippen LogP contribution in [-0.4, -0.2) is 27.7 Å². The minimum atomic E-state index is -3.82. The van der Waals surface area contributed by atoms with Crippen molar-refractivity contribution in [2.45, 2.75) is 43.5 Å². The maximum absolute atomic E-state index is 13.2. The zero-order valence-corrected chi connectivity index (χ0v) is 20.2. The Morgan fingerprint density at radius 2 is 1.48 bits per heavy atom. The lowest BCUT2D eigenvalue weighted by atomic mass is 10.0. The van der Waals surface area contributed by atoms with Gasteiger partial charge in [0.25, 0.3) is 10.0 Å². The number of aryl methyl sites for hydroxylation is 3. The van der Waals surface area contributed by atoms with Gasteiger partial charge in [-0.15, -0.1) is 0 Å². The van der Waals surface area contributed by atoms with Gasteiger partial charge >= 0.3 is 0 Å². The van der Waals surface area contributed by atoms with Crippen LogP contribution >= 0.6 is 0 Å². The largest absolute Gasteiger partial charge is 0.280 e. The van der Waals surface area contributed by atoms with Crippen LogP contribution in [0.4, 0.5) is 10.1 Å². The van der Waals surface area contributed by atoms with Gasteiger partial charge in [0.15, 0.2) is 0 Å². The molecule has 1 aliphatic rings. The van der Waals surface area contributed by atoms with Gasteiger partial charge in [-0.1, -0.05) is 12.1 Å². The molecule has 4 rings (SSSR count). The number of benzene rings is 3. The number of sulfonamides is 2. The summed E-state index contributed by atoms with van der Waals surface area (Å²) in [6.07, 6.45) is 0.499. The van der Waals surface area contributed by atoms with E-state index in [-0.39, 0.29) is 16.3 Å². The Balaban J connectivity index is 1.61. The summed E-state index contributed by atoms with van der Waals surface area (Å²) in [5.74, 6) is -0.506. The topological polar surface area (TPSA) is 83.6 Å². The van der Waals surface area contributed by atoms with Crippen LogP contribution in [0.15, 0.2) is 64.4 Å². The summed E-state index contributed by atoms with van der Waals surface area (Å²) in [4.78, 5) is 0.234. The lowest BCUT2D eigenvalue weighted by Crippen LogP contribution is -2.36. The van der Waals surface area contributed by atoms with Gasteiger partial charge < -0.3 is 0 Å². The average molecular weight is 489 g/mol. The Morgan fingerprint density at radius 1 is 0.818 bits per heavy atom. The van der Waals surface area contributed by atoms with Gasteiger partial charge in [-0.2, -0.15) is 4.31 Å². The van der Waals surface area contributed by atoms with Crippen LogP contribution in [0.2, 0.25) is 0 Å². The van der Waals surface area contributed by atoms with Crippen molar-refractivity contribution in [2.24, 2.45) is 0 Å². The minimum absolute atomic E-state index is 0.0226. The highest BCUT2D eigenvalue weighted by Crippen LogP contribution is 2.29. The summed E-state index contributed by atoms with van der Waals surface area (Å²) >= 11 is 0. The number of fused-ring (bicyclic) bond motifs is 1. The predicted octanol–water partition coefficient (Wildman–Crippen LogP) is 4.30. The summed E-state index contributed by atoms with van der Waals surface area (Å²) in [5.41, 5.74) is 4.61. The highest BCUT2D eigenvalue weighted by Gasteiger charge is 2.29. The molecule has 3 aromatic rings. The van der Waals surface area contributed by atoms with Crippen molar-refractivity contribution < 1.29 is 21.2 Å². The molecule has 0 aliphatic carbocycles. The Kier molecular flexibility index (Phi) is 6.07. The molecule has 0 spiro atoms. The molecule has 174 valence electrons. The van der Waals surface area contributed by atoms with E-state index in [1.807, 2.05) is 26.0 Å². The number of nitrogens with one attached hydrogen (secondary N) is 1. The molecule has 9 heteroatoms. The van der Waals surface area contributed by atoms with E-state index in [2.05, 4.69) is 4.72 Å². The Morgan fingerprint density at radius 3 is 2.18 bits per heavy atom. The van der Waals surface area contributed by atoms with Crippen molar-refractivity contribution in [3.8, 4) is 0 Å². The molecule has 0 aromatic heterocycles. The van der Waals surface area contributed by atoms with Crippen molar-refractivity contribution in [3.63, 3.8) is 0 Å². The Hall–Kier alpha value is -2.75. The second-order valence-corrected chi connectivity index (χ2v) is 11.9. The molecule has 0 saturated heterocycles. The number of nitrogens with zero attached hydrogens (tertiary/aromatic N) is 1. The molecule has 0 amide bonds. The van der Waals surface area contributed by atoms with E-state index in [9.17, 15) is 21.2 Å². The fourth-order valence-corrected chi connectivity index (χ4v) is 6.77. The molecule has 33 heavy (non-hydrogen) atoms.